The summed E-state index contributed by atoms with van der Waals surface area (Å²) in [6, 6.07) is 11.7. The second-order valence-electron chi connectivity index (χ2n) is 3.89. The van der Waals surface area contributed by atoms with E-state index in [0.29, 0.717) is 5.56 Å². The summed E-state index contributed by atoms with van der Waals surface area (Å²) in [7, 11) is 0. The molecule has 0 bridgehead atoms. The Morgan fingerprint density at radius 1 is 0.947 bits per heavy atom. The molecule has 2 rings (SSSR count). The van der Waals surface area contributed by atoms with E-state index >= 15 is 0 Å². The number of benzene rings is 2. The number of hydrogen-bond acceptors (Lipinski definition) is 1. The minimum Gasteiger partial charge on any atom is -0.289 e. The molecule has 19 heavy (non-hydrogen) atoms. The molecule has 0 aliphatic carbocycles. The predicted octanol–water partition coefficient (Wildman–Crippen LogP) is 4.70. The van der Waals surface area contributed by atoms with Crippen LogP contribution < -0.4 is 0 Å². The van der Waals surface area contributed by atoms with Gasteiger partial charge in [-0.15, -0.1) is 0 Å². The predicted molar refractivity (Wildman–Crippen MR) is 69.0 cm³/mol. The molecule has 2 aromatic carbocycles. The molecule has 0 saturated heterocycles. The summed E-state index contributed by atoms with van der Waals surface area (Å²) in [5.74, 6) is -0.432. The second-order valence-corrected chi connectivity index (χ2v) is 4.74. The van der Waals surface area contributed by atoms with E-state index in [1.54, 1.807) is 30.3 Å². The van der Waals surface area contributed by atoms with E-state index in [2.05, 4.69) is 15.9 Å². The fourth-order valence-corrected chi connectivity index (χ4v) is 2.11. The van der Waals surface area contributed by atoms with Crippen LogP contribution in [0, 0.1) is 0 Å². The molecular formula is C14H8BrF3O. The van der Waals surface area contributed by atoms with Crippen molar-refractivity contribution in [1.29, 1.82) is 0 Å². The first-order chi connectivity index (χ1) is 8.89. The SMILES string of the molecule is O=C(c1ccccc1)c1ccc(Br)c(C(F)(F)F)c1. The molecule has 0 N–H and O–H groups in total. The molecule has 0 aromatic heterocycles. The molecule has 0 unspecified atom stereocenters. The van der Waals surface area contributed by atoms with E-state index in [-0.39, 0.29) is 10.0 Å². The molecule has 0 atom stereocenters. The van der Waals surface area contributed by atoms with Gasteiger partial charge in [-0.1, -0.05) is 46.3 Å². The van der Waals surface area contributed by atoms with E-state index in [4.69, 9.17) is 0 Å². The van der Waals surface area contributed by atoms with Gasteiger partial charge in [0.25, 0.3) is 0 Å². The summed E-state index contributed by atoms with van der Waals surface area (Å²) in [6.07, 6.45) is -4.49. The van der Waals surface area contributed by atoms with Crippen molar-refractivity contribution in [2.45, 2.75) is 6.18 Å². The Morgan fingerprint density at radius 3 is 2.16 bits per heavy atom. The number of halogens is 4. The highest BCUT2D eigenvalue weighted by atomic mass is 79.9. The summed E-state index contributed by atoms with van der Waals surface area (Å²) >= 11 is 2.84. The number of hydrogen-bond donors (Lipinski definition) is 0. The third-order valence-corrected chi connectivity index (χ3v) is 3.26. The summed E-state index contributed by atoms with van der Waals surface area (Å²) in [6.45, 7) is 0. The number of rotatable bonds is 2. The van der Waals surface area contributed by atoms with E-state index in [1.165, 1.54) is 12.1 Å². The molecule has 1 nitrogen and oxygen atoms in total. The van der Waals surface area contributed by atoms with E-state index in [1.807, 2.05) is 0 Å². The molecule has 0 radical (unpaired) electrons. The van der Waals surface area contributed by atoms with Crippen LogP contribution in [-0.4, -0.2) is 5.78 Å². The fourth-order valence-electron chi connectivity index (χ4n) is 1.64. The monoisotopic (exact) mass is 328 g/mol. The average molecular weight is 329 g/mol. The average Bonchev–Trinajstić information content (AvgIpc) is 2.38. The quantitative estimate of drug-likeness (QED) is 0.730. The zero-order chi connectivity index (χ0) is 14.0. The lowest BCUT2D eigenvalue weighted by atomic mass is 10.0. The first-order valence-electron chi connectivity index (χ1n) is 5.36. The van der Waals surface area contributed by atoms with Crippen LogP contribution in [0.25, 0.3) is 0 Å². The minimum absolute atomic E-state index is 0.0155. The Labute approximate surface area is 116 Å². The number of carbonyl (C=O) groups is 1. The molecule has 2 aromatic rings. The molecule has 0 heterocycles. The zero-order valence-corrected chi connectivity index (χ0v) is 11.1. The van der Waals surface area contributed by atoms with Crippen molar-refractivity contribution in [2.24, 2.45) is 0 Å². The molecule has 0 amide bonds. The van der Waals surface area contributed by atoms with Crippen molar-refractivity contribution in [3.63, 3.8) is 0 Å². The molecule has 5 heteroatoms. The van der Waals surface area contributed by atoms with E-state index in [0.717, 1.165) is 6.07 Å². The summed E-state index contributed by atoms with van der Waals surface area (Å²) in [5, 5.41) is 0. The van der Waals surface area contributed by atoms with Crippen molar-refractivity contribution < 1.29 is 18.0 Å². The maximum atomic E-state index is 12.8. The largest absolute Gasteiger partial charge is 0.417 e. The van der Waals surface area contributed by atoms with Gasteiger partial charge in [-0.25, -0.2) is 0 Å². The van der Waals surface area contributed by atoms with E-state index in [9.17, 15) is 18.0 Å². The van der Waals surface area contributed by atoms with Gasteiger partial charge in [-0.2, -0.15) is 13.2 Å². The maximum absolute atomic E-state index is 12.8. The second kappa shape index (κ2) is 5.17. The van der Waals surface area contributed by atoms with Crippen LogP contribution >= 0.6 is 15.9 Å². The lowest BCUT2D eigenvalue weighted by Crippen LogP contribution is -2.09. The third-order valence-electron chi connectivity index (χ3n) is 2.57. The highest BCUT2D eigenvalue weighted by Gasteiger charge is 2.33. The number of ketones is 1. The summed E-state index contributed by atoms with van der Waals surface area (Å²) in [4.78, 5) is 12.1. The molecule has 0 aliphatic heterocycles. The van der Waals surface area contributed by atoms with Crippen LogP contribution in [0.2, 0.25) is 0 Å². The van der Waals surface area contributed by atoms with Crippen LogP contribution in [0.15, 0.2) is 53.0 Å². The van der Waals surface area contributed by atoms with Crippen molar-refractivity contribution in [1.82, 2.24) is 0 Å². The maximum Gasteiger partial charge on any atom is 0.417 e. The third kappa shape index (κ3) is 3.04. The van der Waals surface area contributed by atoms with Gasteiger partial charge in [-0.3, -0.25) is 4.79 Å². The van der Waals surface area contributed by atoms with Gasteiger partial charge in [0.05, 0.1) is 5.56 Å². The summed E-state index contributed by atoms with van der Waals surface area (Å²) in [5.41, 5.74) is -0.478. The zero-order valence-electron chi connectivity index (χ0n) is 9.54. The smallest absolute Gasteiger partial charge is 0.289 e. The molecule has 0 aliphatic rings. The van der Waals surface area contributed by atoms with Gasteiger partial charge in [0.1, 0.15) is 0 Å². The Kier molecular flexibility index (Phi) is 3.75. The Hall–Kier alpha value is -1.62. The van der Waals surface area contributed by atoms with Crippen molar-refractivity contribution in [3.05, 3.63) is 69.7 Å². The lowest BCUT2D eigenvalue weighted by Gasteiger charge is -2.10. The topological polar surface area (TPSA) is 17.1 Å². The summed E-state index contributed by atoms with van der Waals surface area (Å²) < 4.78 is 38.2. The lowest BCUT2D eigenvalue weighted by molar-refractivity contribution is -0.138. The standard InChI is InChI=1S/C14H8BrF3O/c15-12-7-6-10(8-11(12)14(16,17)18)13(19)9-4-2-1-3-5-9/h1-8H. The Bertz CT molecular complexity index is 606. The van der Waals surface area contributed by atoms with Gasteiger partial charge in [0.15, 0.2) is 5.78 Å². The minimum atomic E-state index is -4.49. The van der Waals surface area contributed by atoms with Crippen LogP contribution in [-0.2, 0) is 6.18 Å². The van der Waals surface area contributed by atoms with Crippen molar-refractivity contribution >= 4 is 21.7 Å². The van der Waals surface area contributed by atoms with Gasteiger partial charge < -0.3 is 0 Å². The molecule has 0 saturated carbocycles. The normalized spacial score (nSPS) is 11.4. The molecular weight excluding hydrogens is 321 g/mol. The number of carbonyl (C=O) groups excluding carboxylic acids is 1. The van der Waals surface area contributed by atoms with Crippen molar-refractivity contribution in [2.75, 3.05) is 0 Å². The highest BCUT2D eigenvalue weighted by molar-refractivity contribution is 9.10. The first kappa shape index (κ1) is 13.8. The van der Waals surface area contributed by atoms with E-state index < -0.39 is 17.5 Å². The van der Waals surface area contributed by atoms with Gasteiger partial charge in [0, 0.05) is 15.6 Å². The van der Waals surface area contributed by atoms with Crippen molar-refractivity contribution in [3.8, 4) is 0 Å². The van der Waals surface area contributed by atoms with Crippen LogP contribution in [0.3, 0.4) is 0 Å². The fraction of sp³-hybridized carbons (Fsp3) is 0.0714. The number of alkyl halides is 3. The van der Waals surface area contributed by atoms with Crippen LogP contribution in [0.1, 0.15) is 21.5 Å². The highest BCUT2D eigenvalue weighted by Crippen LogP contribution is 2.35. The van der Waals surface area contributed by atoms with Gasteiger partial charge >= 0.3 is 6.18 Å². The van der Waals surface area contributed by atoms with Crippen LogP contribution in [0.4, 0.5) is 13.2 Å². The van der Waals surface area contributed by atoms with Gasteiger partial charge in [0.2, 0.25) is 0 Å². The first-order valence-corrected chi connectivity index (χ1v) is 6.15. The molecule has 98 valence electrons. The molecule has 0 spiro atoms. The van der Waals surface area contributed by atoms with Crippen LogP contribution in [0.5, 0.6) is 0 Å². The van der Waals surface area contributed by atoms with Gasteiger partial charge in [-0.05, 0) is 18.2 Å². The Balaban J connectivity index is 2.45. The molecule has 0 fully saturated rings. The Morgan fingerprint density at radius 2 is 1.58 bits per heavy atom.